The zero-order chi connectivity index (χ0) is 17.1. The van der Waals surface area contributed by atoms with Crippen LogP contribution >= 0.6 is 0 Å². The second-order valence-corrected chi connectivity index (χ2v) is 6.41. The standard InChI is InChI=1S/C20H22N2O2/c1-14(2)19(23)21-17-10-11-18-16(13-17)9-6-12-22(18)20(24)15-7-4-3-5-8-15/h3-5,7-8,10-11,13-14H,6,9,12H2,1-2H3,(H,21,23). The Morgan fingerprint density at radius 1 is 1.08 bits per heavy atom. The number of hydrogen-bond donors (Lipinski definition) is 1. The van der Waals surface area contributed by atoms with Crippen LogP contribution in [0.25, 0.3) is 0 Å². The zero-order valence-electron chi connectivity index (χ0n) is 14.1. The minimum atomic E-state index is -0.0582. The lowest BCUT2D eigenvalue weighted by Gasteiger charge is -2.30. The van der Waals surface area contributed by atoms with Crippen molar-refractivity contribution in [3.63, 3.8) is 0 Å². The Bertz CT molecular complexity index is 753. The number of anilines is 2. The minimum Gasteiger partial charge on any atom is -0.326 e. The van der Waals surface area contributed by atoms with E-state index in [9.17, 15) is 9.59 Å². The summed E-state index contributed by atoms with van der Waals surface area (Å²) < 4.78 is 0. The van der Waals surface area contributed by atoms with Gasteiger partial charge in [0.1, 0.15) is 0 Å². The van der Waals surface area contributed by atoms with Crippen LogP contribution in [-0.4, -0.2) is 18.4 Å². The van der Waals surface area contributed by atoms with Gasteiger partial charge in [-0.1, -0.05) is 32.0 Å². The zero-order valence-corrected chi connectivity index (χ0v) is 14.1. The Labute approximate surface area is 142 Å². The molecular formula is C20H22N2O2. The molecule has 0 aromatic heterocycles. The highest BCUT2D eigenvalue weighted by Gasteiger charge is 2.23. The van der Waals surface area contributed by atoms with E-state index in [2.05, 4.69) is 5.32 Å². The van der Waals surface area contributed by atoms with Gasteiger partial charge >= 0.3 is 0 Å². The van der Waals surface area contributed by atoms with Crippen molar-refractivity contribution in [2.75, 3.05) is 16.8 Å². The van der Waals surface area contributed by atoms with Crippen LogP contribution in [0.2, 0.25) is 0 Å². The van der Waals surface area contributed by atoms with Crippen LogP contribution in [0.15, 0.2) is 48.5 Å². The number of hydrogen-bond acceptors (Lipinski definition) is 2. The maximum absolute atomic E-state index is 12.8. The van der Waals surface area contributed by atoms with E-state index in [-0.39, 0.29) is 17.7 Å². The maximum atomic E-state index is 12.8. The molecule has 0 unspecified atom stereocenters. The molecule has 124 valence electrons. The van der Waals surface area contributed by atoms with Gasteiger partial charge in [-0.05, 0) is 48.7 Å². The van der Waals surface area contributed by atoms with Crippen LogP contribution in [0, 0.1) is 5.92 Å². The molecule has 0 aliphatic carbocycles. The van der Waals surface area contributed by atoms with Crippen LogP contribution in [0.1, 0.15) is 36.2 Å². The van der Waals surface area contributed by atoms with Crippen molar-refractivity contribution in [1.29, 1.82) is 0 Å². The molecule has 0 bridgehead atoms. The fourth-order valence-corrected chi connectivity index (χ4v) is 2.91. The van der Waals surface area contributed by atoms with Crippen LogP contribution in [0.3, 0.4) is 0 Å². The normalized spacial score (nSPS) is 13.5. The van der Waals surface area contributed by atoms with Gasteiger partial charge in [0.15, 0.2) is 0 Å². The average molecular weight is 322 g/mol. The molecule has 0 atom stereocenters. The van der Waals surface area contributed by atoms with Gasteiger partial charge in [0.2, 0.25) is 5.91 Å². The van der Waals surface area contributed by atoms with Crippen molar-refractivity contribution < 1.29 is 9.59 Å². The molecule has 3 rings (SSSR count). The first-order valence-corrected chi connectivity index (χ1v) is 8.37. The van der Waals surface area contributed by atoms with E-state index in [1.165, 1.54) is 0 Å². The van der Waals surface area contributed by atoms with Crippen LogP contribution < -0.4 is 10.2 Å². The molecule has 2 amide bonds. The molecule has 0 spiro atoms. The van der Waals surface area contributed by atoms with E-state index in [1.54, 1.807) is 0 Å². The molecular weight excluding hydrogens is 300 g/mol. The van der Waals surface area contributed by atoms with Crippen LogP contribution in [0.4, 0.5) is 11.4 Å². The Morgan fingerprint density at radius 2 is 1.83 bits per heavy atom. The highest BCUT2D eigenvalue weighted by Crippen LogP contribution is 2.31. The predicted molar refractivity (Wildman–Crippen MR) is 96.3 cm³/mol. The Hall–Kier alpha value is -2.62. The Kier molecular flexibility index (Phi) is 4.65. The van der Waals surface area contributed by atoms with Gasteiger partial charge in [0, 0.05) is 29.4 Å². The number of rotatable bonds is 3. The number of aryl methyl sites for hydroxylation is 1. The first-order chi connectivity index (χ1) is 11.6. The van der Waals surface area contributed by atoms with E-state index in [1.807, 2.05) is 67.3 Å². The van der Waals surface area contributed by atoms with Gasteiger partial charge in [0.25, 0.3) is 5.91 Å². The van der Waals surface area contributed by atoms with E-state index < -0.39 is 0 Å². The number of nitrogens with one attached hydrogen (secondary N) is 1. The summed E-state index contributed by atoms with van der Waals surface area (Å²) in [4.78, 5) is 26.5. The van der Waals surface area contributed by atoms with Crippen molar-refractivity contribution >= 4 is 23.2 Å². The first kappa shape index (κ1) is 16.2. The summed E-state index contributed by atoms with van der Waals surface area (Å²) >= 11 is 0. The van der Waals surface area contributed by atoms with E-state index in [0.717, 1.165) is 36.3 Å². The molecule has 2 aromatic rings. The maximum Gasteiger partial charge on any atom is 0.258 e. The number of carbonyl (C=O) groups excluding carboxylic acids is 2. The van der Waals surface area contributed by atoms with Crippen molar-refractivity contribution in [1.82, 2.24) is 0 Å². The summed E-state index contributed by atoms with van der Waals surface area (Å²) in [5.41, 5.74) is 3.54. The van der Waals surface area contributed by atoms with Gasteiger partial charge < -0.3 is 10.2 Å². The molecule has 0 radical (unpaired) electrons. The molecule has 1 aliphatic heterocycles. The molecule has 0 fully saturated rings. The van der Waals surface area contributed by atoms with Crippen molar-refractivity contribution in [3.05, 3.63) is 59.7 Å². The molecule has 1 N–H and O–H groups in total. The van der Waals surface area contributed by atoms with E-state index in [0.29, 0.717) is 5.56 Å². The third kappa shape index (κ3) is 3.32. The summed E-state index contributed by atoms with van der Waals surface area (Å²) in [6.45, 7) is 4.46. The van der Waals surface area contributed by atoms with E-state index >= 15 is 0 Å². The van der Waals surface area contributed by atoms with Crippen molar-refractivity contribution in [3.8, 4) is 0 Å². The number of nitrogens with zero attached hydrogens (tertiary/aromatic N) is 1. The van der Waals surface area contributed by atoms with Crippen molar-refractivity contribution in [2.24, 2.45) is 5.92 Å². The SMILES string of the molecule is CC(C)C(=O)Nc1ccc2c(c1)CCCN2C(=O)c1ccccc1. The molecule has 0 saturated carbocycles. The summed E-state index contributed by atoms with van der Waals surface area (Å²) in [5.74, 6) is -0.0318. The first-order valence-electron chi connectivity index (χ1n) is 8.37. The van der Waals surface area contributed by atoms with Gasteiger partial charge in [-0.25, -0.2) is 0 Å². The lowest BCUT2D eigenvalue weighted by atomic mass is 9.99. The van der Waals surface area contributed by atoms with Gasteiger partial charge in [-0.3, -0.25) is 9.59 Å². The fourth-order valence-electron chi connectivity index (χ4n) is 2.91. The second kappa shape index (κ2) is 6.87. The highest BCUT2D eigenvalue weighted by molar-refractivity contribution is 6.07. The summed E-state index contributed by atoms with van der Waals surface area (Å²) in [6, 6.07) is 15.1. The third-order valence-electron chi connectivity index (χ3n) is 4.26. The van der Waals surface area contributed by atoms with E-state index in [4.69, 9.17) is 0 Å². The third-order valence-corrected chi connectivity index (χ3v) is 4.26. The highest BCUT2D eigenvalue weighted by atomic mass is 16.2. The van der Waals surface area contributed by atoms with Crippen molar-refractivity contribution in [2.45, 2.75) is 26.7 Å². The Balaban J connectivity index is 1.86. The molecule has 2 aromatic carbocycles. The largest absolute Gasteiger partial charge is 0.326 e. The number of benzene rings is 2. The number of amides is 2. The van der Waals surface area contributed by atoms with Crippen LogP contribution in [0.5, 0.6) is 0 Å². The molecule has 4 nitrogen and oxygen atoms in total. The lowest BCUT2D eigenvalue weighted by Crippen LogP contribution is -2.35. The second-order valence-electron chi connectivity index (χ2n) is 6.41. The summed E-state index contributed by atoms with van der Waals surface area (Å²) in [5, 5.41) is 2.92. The predicted octanol–water partition coefficient (Wildman–Crippen LogP) is 3.87. The average Bonchev–Trinajstić information content (AvgIpc) is 2.61. The molecule has 1 heterocycles. The topological polar surface area (TPSA) is 49.4 Å². The molecule has 0 saturated heterocycles. The Morgan fingerprint density at radius 3 is 2.54 bits per heavy atom. The van der Waals surface area contributed by atoms with Gasteiger partial charge in [0.05, 0.1) is 0 Å². The quantitative estimate of drug-likeness (QED) is 0.932. The fraction of sp³-hybridized carbons (Fsp3) is 0.300. The van der Waals surface area contributed by atoms with Gasteiger partial charge in [-0.15, -0.1) is 0 Å². The lowest BCUT2D eigenvalue weighted by molar-refractivity contribution is -0.118. The van der Waals surface area contributed by atoms with Crippen LogP contribution in [-0.2, 0) is 11.2 Å². The smallest absolute Gasteiger partial charge is 0.258 e. The number of fused-ring (bicyclic) bond motifs is 1. The molecule has 1 aliphatic rings. The summed E-state index contributed by atoms with van der Waals surface area (Å²) in [7, 11) is 0. The summed E-state index contributed by atoms with van der Waals surface area (Å²) in [6.07, 6.45) is 1.84. The minimum absolute atomic E-state index is 0.00276. The molecule has 4 heteroatoms. The number of carbonyl (C=O) groups is 2. The monoisotopic (exact) mass is 322 g/mol. The molecule has 24 heavy (non-hydrogen) atoms. The van der Waals surface area contributed by atoms with Gasteiger partial charge in [-0.2, -0.15) is 0 Å².